The van der Waals surface area contributed by atoms with Crippen molar-refractivity contribution in [2.75, 3.05) is 26.2 Å². The number of ether oxygens (including phenoxy) is 1. The molecule has 0 saturated carbocycles. The van der Waals surface area contributed by atoms with Gasteiger partial charge >= 0.3 is 6.61 Å². The van der Waals surface area contributed by atoms with Crippen LogP contribution in [0.1, 0.15) is 32.6 Å². The number of likely N-dealkylation sites (tertiary alicyclic amines) is 1. The SMILES string of the molecule is CC1CCN(C2CCN(S(=O)(=O)c3ccc(OC(F)F)cc3)CC2)CC1.Cl. The summed E-state index contributed by atoms with van der Waals surface area (Å²) in [6.45, 7) is 2.55. The molecule has 0 unspecified atom stereocenters. The fourth-order valence-electron chi connectivity index (χ4n) is 3.78. The fourth-order valence-corrected chi connectivity index (χ4v) is 5.25. The van der Waals surface area contributed by atoms with Gasteiger partial charge in [-0.2, -0.15) is 13.1 Å². The van der Waals surface area contributed by atoms with Gasteiger partial charge in [-0.1, -0.05) is 6.92 Å². The molecule has 0 spiro atoms. The Bertz CT molecular complexity index is 687. The van der Waals surface area contributed by atoms with Crippen molar-refractivity contribution in [3.8, 4) is 5.75 Å². The van der Waals surface area contributed by atoms with Gasteiger partial charge in [-0.15, -0.1) is 12.4 Å². The summed E-state index contributed by atoms with van der Waals surface area (Å²) in [5.74, 6) is 0.737. The normalized spacial score (nSPS) is 21.2. The van der Waals surface area contributed by atoms with Gasteiger partial charge in [0.25, 0.3) is 0 Å². The van der Waals surface area contributed by atoms with Gasteiger partial charge in [0.15, 0.2) is 0 Å². The molecule has 0 N–H and O–H groups in total. The van der Waals surface area contributed by atoms with Crippen molar-refractivity contribution < 1.29 is 21.9 Å². The zero-order valence-corrected chi connectivity index (χ0v) is 17.0. The van der Waals surface area contributed by atoms with E-state index in [4.69, 9.17) is 0 Å². The molecule has 0 bridgehead atoms. The van der Waals surface area contributed by atoms with Crippen molar-refractivity contribution in [3.05, 3.63) is 24.3 Å². The Labute approximate surface area is 166 Å². The quantitative estimate of drug-likeness (QED) is 0.724. The van der Waals surface area contributed by atoms with Crippen LogP contribution in [0.15, 0.2) is 29.2 Å². The lowest BCUT2D eigenvalue weighted by Gasteiger charge is -2.41. The second-order valence-electron chi connectivity index (χ2n) is 7.20. The van der Waals surface area contributed by atoms with Crippen LogP contribution >= 0.6 is 12.4 Å². The summed E-state index contributed by atoms with van der Waals surface area (Å²) in [6.07, 6.45) is 4.09. The Morgan fingerprint density at radius 2 is 1.56 bits per heavy atom. The molecule has 1 aromatic carbocycles. The van der Waals surface area contributed by atoms with Crippen LogP contribution in [0.2, 0.25) is 0 Å². The Morgan fingerprint density at radius 3 is 2.07 bits per heavy atom. The topological polar surface area (TPSA) is 49.9 Å². The number of hydrogen-bond donors (Lipinski definition) is 0. The van der Waals surface area contributed by atoms with Gasteiger partial charge in [0.1, 0.15) is 5.75 Å². The highest BCUT2D eigenvalue weighted by atomic mass is 35.5. The molecule has 2 fully saturated rings. The molecule has 0 radical (unpaired) electrons. The van der Waals surface area contributed by atoms with Crippen LogP contribution in [0.5, 0.6) is 5.75 Å². The maximum atomic E-state index is 12.8. The average Bonchev–Trinajstić information content (AvgIpc) is 2.62. The number of nitrogens with zero attached hydrogens (tertiary/aromatic N) is 2. The summed E-state index contributed by atoms with van der Waals surface area (Å²) in [5, 5.41) is 0. The van der Waals surface area contributed by atoms with Crippen LogP contribution in [0.3, 0.4) is 0 Å². The molecule has 0 aliphatic carbocycles. The molecule has 2 aliphatic rings. The molecule has 154 valence electrons. The highest BCUT2D eigenvalue weighted by Gasteiger charge is 2.32. The molecule has 2 heterocycles. The van der Waals surface area contributed by atoms with E-state index in [-0.39, 0.29) is 23.1 Å². The molecule has 2 saturated heterocycles. The number of alkyl halides is 2. The summed E-state index contributed by atoms with van der Waals surface area (Å²) >= 11 is 0. The molecule has 1 aromatic rings. The van der Waals surface area contributed by atoms with Crippen LogP contribution in [0, 0.1) is 5.92 Å². The fraction of sp³-hybridized carbons (Fsp3) is 0.667. The summed E-state index contributed by atoms with van der Waals surface area (Å²) in [7, 11) is -3.60. The third-order valence-electron chi connectivity index (χ3n) is 5.44. The van der Waals surface area contributed by atoms with E-state index in [1.807, 2.05) is 0 Å². The standard InChI is InChI=1S/C18H26F2N2O3S.ClH/c1-14-6-10-21(11-7-14)15-8-12-22(13-9-15)26(23,24)17-4-2-16(3-5-17)25-18(19)20;/h2-5,14-15,18H,6-13H2,1H3;1H. The Morgan fingerprint density at radius 1 is 1.00 bits per heavy atom. The predicted molar refractivity (Wildman–Crippen MR) is 102 cm³/mol. The third-order valence-corrected chi connectivity index (χ3v) is 7.36. The Balaban J connectivity index is 0.00000261. The Kier molecular flexibility index (Phi) is 7.85. The molecule has 3 rings (SSSR count). The first-order valence-electron chi connectivity index (χ1n) is 9.15. The number of rotatable bonds is 5. The summed E-state index contributed by atoms with van der Waals surface area (Å²) in [6, 6.07) is 5.63. The highest BCUT2D eigenvalue weighted by Crippen LogP contribution is 2.27. The molecule has 5 nitrogen and oxygen atoms in total. The smallest absolute Gasteiger partial charge is 0.387 e. The van der Waals surface area contributed by atoms with Crippen molar-refractivity contribution in [2.24, 2.45) is 5.92 Å². The van der Waals surface area contributed by atoms with Crippen molar-refractivity contribution >= 4 is 22.4 Å². The summed E-state index contributed by atoms with van der Waals surface area (Å²) in [4.78, 5) is 2.62. The van der Waals surface area contributed by atoms with E-state index in [9.17, 15) is 17.2 Å². The maximum absolute atomic E-state index is 12.8. The van der Waals surface area contributed by atoms with E-state index in [2.05, 4.69) is 16.6 Å². The molecule has 0 atom stereocenters. The monoisotopic (exact) mass is 424 g/mol. The van der Waals surface area contributed by atoms with Crippen LogP contribution in [-0.4, -0.2) is 56.5 Å². The molecule has 9 heteroatoms. The molecule has 27 heavy (non-hydrogen) atoms. The van der Waals surface area contributed by atoms with Gasteiger partial charge in [-0.3, -0.25) is 0 Å². The van der Waals surface area contributed by atoms with E-state index in [1.54, 1.807) is 0 Å². The van der Waals surface area contributed by atoms with E-state index in [0.29, 0.717) is 19.1 Å². The minimum atomic E-state index is -3.60. The van der Waals surface area contributed by atoms with Crippen LogP contribution in [0.25, 0.3) is 0 Å². The molecular weight excluding hydrogens is 398 g/mol. The van der Waals surface area contributed by atoms with E-state index >= 15 is 0 Å². The van der Waals surface area contributed by atoms with Gasteiger partial charge < -0.3 is 9.64 Å². The second kappa shape index (κ2) is 9.49. The van der Waals surface area contributed by atoms with Crippen molar-refractivity contribution in [1.82, 2.24) is 9.21 Å². The number of benzene rings is 1. The number of halogens is 3. The van der Waals surface area contributed by atoms with E-state index in [1.165, 1.54) is 41.4 Å². The Hall–Kier alpha value is -0.960. The molecule has 0 aromatic heterocycles. The van der Waals surface area contributed by atoms with Crippen molar-refractivity contribution in [3.63, 3.8) is 0 Å². The average molecular weight is 425 g/mol. The zero-order chi connectivity index (χ0) is 18.7. The van der Waals surface area contributed by atoms with Gasteiger partial charge in [0.2, 0.25) is 10.0 Å². The first-order valence-corrected chi connectivity index (χ1v) is 10.6. The van der Waals surface area contributed by atoms with Crippen LogP contribution < -0.4 is 4.74 Å². The summed E-state index contributed by atoms with van der Waals surface area (Å²) < 4.78 is 55.7. The minimum absolute atomic E-state index is 0. The number of sulfonamides is 1. The largest absolute Gasteiger partial charge is 0.435 e. The lowest BCUT2D eigenvalue weighted by Crippen LogP contribution is -2.48. The molecular formula is C18H27ClF2N2O3S. The highest BCUT2D eigenvalue weighted by molar-refractivity contribution is 7.89. The zero-order valence-electron chi connectivity index (χ0n) is 15.4. The predicted octanol–water partition coefficient (Wildman–Crippen LogP) is 3.59. The van der Waals surface area contributed by atoms with Gasteiger partial charge in [-0.25, -0.2) is 8.42 Å². The van der Waals surface area contributed by atoms with E-state index in [0.717, 1.165) is 31.8 Å². The van der Waals surface area contributed by atoms with Gasteiger partial charge in [-0.05, 0) is 69.0 Å². The lowest BCUT2D eigenvalue weighted by molar-refractivity contribution is -0.0498. The molecule has 2 aliphatic heterocycles. The molecule has 0 amide bonds. The maximum Gasteiger partial charge on any atom is 0.387 e. The first kappa shape index (κ1) is 22.3. The number of hydrogen-bond acceptors (Lipinski definition) is 4. The second-order valence-corrected chi connectivity index (χ2v) is 9.14. The minimum Gasteiger partial charge on any atom is -0.435 e. The van der Waals surface area contributed by atoms with Crippen molar-refractivity contribution in [2.45, 2.75) is 50.2 Å². The van der Waals surface area contributed by atoms with Crippen LogP contribution in [-0.2, 0) is 10.0 Å². The number of piperidine rings is 2. The lowest BCUT2D eigenvalue weighted by atomic mass is 9.95. The first-order chi connectivity index (χ1) is 12.4. The van der Waals surface area contributed by atoms with Gasteiger partial charge in [0.05, 0.1) is 4.90 Å². The van der Waals surface area contributed by atoms with Crippen molar-refractivity contribution in [1.29, 1.82) is 0 Å². The van der Waals surface area contributed by atoms with E-state index < -0.39 is 16.6 Å². The van der Waals surface area contributed by atoms with Gasteiger partial charge in [0, 0.05) is 19.1 Å². The summed E-state index contributed by atoms with van der Waals surface area (Å²) in [5.41, 5.74) is 0. The van der Waals surface area contributed by atoms with Crippen LogP contribution in [0.4, 0.5) is 8.78 Å². The third kappa shape index (κ3) is 5.53.